The van der Waals surface area contributed by atoms with Crippen molar-refractivity contribution in [1.29, 1.82) is 0 Å². The van der Waals surface area contributed by atoms with Crippen LogP contribution in [0.15, 0.2) is 84.0 Å². The van der Waals surface area contributed by atoms with Gasteiger partial charge in [-0.25, -0.2) is 4.98 Å². The van der Waals surface area contributed by atoms with E-state index in [1.807, 2.05) is 103 Å². The van der Waals surface area contributed by atoms with Crippen LogP contribution >= 0.6 is 0 Å². The highest BCUT2D eigenvalue weighted by atomic mass is 32.2. The van der Waals surface area contributed by atoms with Crippen LogP contribution in [0, 0.1) is 12.3 Å². The fourth-order valence-corrected chi connectivity index (χ4v) is 6.74. The molecule has 8 heteroatoms. The lowest BCUT2D eigenvalue weighted by molar-refractivity contribution is -0.124. The first-order valence-corrected chi connectivity index (χ1v) is 17.2. The molecule has 0 aliphatic heterocycles. The minimum absolute atomic E-state index is 0.0877. The van der Waals surface area contributed by atoms with Crippen molar-refractivity contribution in [3.63, 3.8) is 0 Å². The van der Waals surface area contributed by atoms with Gasteiger partial charge in [0.05, 0.1) is 28.9 Å². The van der Waals surface area contributed by atoms with Crippen molar-refractivity contribution in [3.05, 3.63) is 102 Å². The summed E-state index contributed by atoms with van der Waals surface area (Å²) < 4.78 is 27.8. The van der Waals surface area contributed by atoms with Gasteiger partial charge >= 0.3 is 0 Å². The van der Waals surface area contributed by atoms with Crippen LogP contribution in [-0.2, 0) is 35.5 Å². The van der Waals surface area contributed by atoms with Crippen LogP contribution in [0.4, 0.5) is 0 Å². The summed E-state index contributed by atoms with van der Waals surface area (Å²) in [6.45, 7) is 16.9. The molecule has 3 aromatic heterocycles. The van der Waals surface area contributed by atoms with Gasteiger partial charge in [-0.3, -0.25) is 9.78 Å². The third-order valence-electron chi connectivity index (χ3n) is 8.41. The average Bonchev–Trinajstić information content (AvgIpc) is 3.31. The lowest BCUT2D eigenvalue weighted by Crippen LogP contribution is -2.31. The number of aryl methyl sites for hydroxylation is 1. The van der Waals surface area contributed by atoms with Gasteiger partial charge in [0.15, 0.2) is 4.90 Å². The van der Waals surface area contributed by atoms with Crippen LogP contribution in [-0.4, -0.2) is 36.2 Å². The fourth-order valence-electron chi connectivity index (χ4n) is 5.37. The number of hydrogen-bond donors (Lipinski definition) is 0. The number of ketones is 1. The molecule has 47 heavy (non-hydrogen) atoms. The minimum atomic E-state index is -1.37. The molecule has 5 aromatic rings. The molecule has 0 saturated carbocycles. The van der Waals surface area contributed by atoms with E-state index in [0.717, 1.165) is 49.4 Å². The SMILES string of the molecule is CCOc1ccc(-c2ccc(Cn3c(CC(C)(C)C(C)=O)c([S+]([O-])C(C)(C)C)c4cc(OCc5ccc(C)cn5)ccc43)cc2)cn1. The Hall–Kier alpha value is -4.14. The molecule has 5 rings (SSSR count). The molecule has 0 aliphatic rings. The lowest BCUT2D eigenvalue weighted by atomic mass is 9.84. The lowest BCUT2D eigenvalue weighted by Gasteiger charge is -2.27. The highest BCUT2D eigenvalue weighted by Crippen LogP contribution is 2.41. The number of aromatic nitrogens is 3. The molecule has 0 bridgehead atoms. The van der Waals surface area contributed by atoms with Gasteiger partial charge in [0.1, 0.15) is 22.9 Å². The van der Waals surface area contributed by atoms with E-state index >= 15 is 0 Å². The first kappa shape index (κ1) is 34.2. The maximum Gasteiger partial charge on any atom is 0.213 e. The Kier molecular flexibility index (Phi) is 10.1. The van der Waals surface area contributed by atoms with E-state index in [0.29, 0.717) is 37.8 Å². The molecule has 1 unspecified atom stereocenters. The van der Waals surface area contributed by atoms with Gasteiger partial charge in [0.2, 0.25) is 5.88 Å². The molecule has 7 nitrogen and oxygen atoms in total. The zero-order valence-electron chi connectivity index (χ0n) is 28.7. The Morgan fingerprint density at radius 3 is 2.21 bits per heavy atom. The van der Waals surface area contributed by atoms with Crippen molar-refractivity contribution >= 4 is 27.9 Å². The normalized spacial score (nSPS) is 12.7. The quantitative estimate of drug-likeness (QED) is 0.126. The van der Waals surface area contributed by atoms with Crippen molar-refractivity contribution < 1.29 is 18.8 Å². The van der Waals surface area contributed by atoms with Gasteiger partial charge in [-0.2, -0.15) is 0 Å². The highest BCUT2D eigenvalue weighted by molar-refractivity contribution is 7.93. The van der Waals surface area contributed by atoms with Gasteiger partial charge in [-0.05, 0) is 99.7 Å². The number of benzene rings is 2. The second-order valence-corrected chi connectivity index (χ2v) is 15.8. The molecular weight excluding hydrogens is 607 g/mol. The van der Waals surface area contributed by atoms with E-state index in [4.69, 9.17) is 9.47 Å². The van der Waals surface area contributed by atoms with Gasteiger partial charge in [0, 0.05) is 42.4 Å². The third kappa shape index (κ3) is 7.88. The number of pyridine rings is 2. The van der Waals surface area contributed by atoms with Gasteiger partial charge in [0.25, 0.3) is 0 Å². The van der Waals surface area contributed by atoms with Crippen molar-refractivity contribution in [2.75, 3.05) is 6.61 Å². The first-order chi connectivity index (χ1) is 22.3. The van der Waals surface area contributed by atoms with Gasteiger partial charge in [-0.15, -0.1) is 0 Å². The molecular formula is C39H45N3O4S. The Bertz CT molecular complexity index is 1840. The Morgan fingerprint density at radius 1 is 0.894 bits per heavy atom. The third-order valence-corrected chi connectivity index (χ3v) is 10.3. The summed E-state index contributed by atoms with van der Waals surface area (Å²) in [5.41, 5.74) is 6.29. The van der Waals surface area contributed by atoms with E-state index in [2.05, 4.69) is 38.8 Å². The second-order valence-electron chi connectivity index (χ2n) is 13.7. The molecule has 246 valence electrons. The minimum Gasteiger partial charge on any atom is -0.611 e. The summed E-state index contributed by atoms with van der Waals surface area (Å²) in [4.78, 5) is 22.5. The summed E-state index contributed by atoms with van der Waals surface area (Å²) in [7, 11) is 0. The molecule has 0 amide bonds. The Labute approximate surface area is 281 Å². The molecule has 0 N–H and O–H groups in total. The summed E-state index contributed by atoms with van der Waals surface area (Å²) >= 11 is -1.37. The van der Waals surface area contributed by atoms with E-state index in [1.54, 1.807) is 6.92 Å². The number of carbonyl (C=O) groups excluding carboxylic acids is 1. The van der Waals surface area contributed by atoms with Gasteiger partial charge in [-0.1, -0.05) is 44.2 Å². The Morgan fingerprint density at radius 2 is 1.62 bits per heavy atom. The molecule has 2 aromatic carbocycles. The topological polar surface area (TPSA) is 89.3 Å². The molecule has 0 fully saturated rings. The fraction of sp³-hybridized carbons (Fsp3) is 0.359. The molecule has 0 spiro atoms. The standard InChI is InChI=1S/C39H45N3O4S/c1-9-45-36-19-15-30(23-41-36)29-13-11-28(12-14-29)24-42-34-18-17-32(46-25-31-16-10-26(2)22-40-31)20-33(34)37(47(44)38(4,5)6)35(42)21-39(7,8)27(3)43/h10-20,22-23H,9,21,24-25H2,1-8H3. The van der Waals surface area contributed by atoms with E-state index in [9.17, 15) is 9.35 Å². The van der Waals surface area contributed by atoms with E-state index in [-0.39, 0.29) is 5.78 Å². The largest absolute Gasteiger partial charge is 0.611 e. The molecule has 1 atom stereocenters. The zero-order chi connectivity index (χ0) is 33.9. The predicted octanol–water partition coefficient (Wildman–Crippen LogP) is 8.50. The maximum atomic E-state index is 14.4. The van der Waals surface area contributed by atoms with Crippen molar-refractivity contribution in [2.45, 2.75) is 84.6 Å². The van der Waals surface area contributed by atoms with Crippen LogP contribution in [0.1, 0.15) is 71.0 Å². The highest BCUT2D eigenvalue weighted by Gasteiger charge is 2.38. The molecule has 3 heterocycles. The second kappa shape index (κ2) is 13.9. The number of ether oxygens (including phenoxy) is 2. The number of hydrogen-bond acceptors (Lipinski definition) is 6. The van der Waals surface area contributed by atoms with Crippen LogP contribution in [0.5, 0.6) is 11.6 Å². The number of carbonyl (C=O) groups is 1. The molecule has 0 aliphatic carbocycles. The van der Waals surface area contributed by atoms with Crippen LogP contribution < -0.4 is 9.47 Å². The smallest absolute Gasteiger partial charge is 0.213 e. The van der Waals surface area contributed by atoms with Crippen molar-refractivity contribution in [1.82, 2.24) is 14.5 Å². The monoisotopic (exact) mass is 651 g/mol. The maximum absolute atomic E-state index is 14.4. The Balaban J connectivity index is 1.58. The van der Waals surface area contributed by atoms with Crippen molar-refractivity contribution in [3.8, 4) is 22.8 Å². The van der Waals surface area contributed by atoms with Crippen LogP contribution in [0.2, 0.25) is 0 Å². The summed E-state index contributed by atoms with van der Waals surface area (Å²) in [6, 6.07) is 22.3. The van der Waals surface area contributed by atoms with Crippen molar-refractivity contribution in [2.24, 2.45) is 5.41 Å². The number of fused-ring (bicyclic) bond motifs is 1. The van der Waals surface area contributed by atoms with E-state index < -0.39 is 21.3 Å². The molecule has 0 radical (unpaired) electrons. The summed E-state index contributed by atoms with van der Waals surface area (Å²) in [6.07, 6.45) is 4.11. The summed E-state index contributed by atoms with van der Waals surface area (Å²) in [5, 5.41) is 0.874. The number of nitrogens with zero attached hydrogens (tertiary/aromatic N) is 3. The average molecular weight is 652 g/mol. The van der Waals surface area contributed by atoms with Crippen LogP contribution in [0.25, 0.3) is 22.0 Å². The summed E-state index contributed by atoms with van der Waals surface area (Å²) in [5.74, 6) is 1.37. The molecule has 0 saturated heterocycles. The zero-order valence-corrected chi connectivity index (χ0v) is 29.5. The van der Waals surface area contributed by atoms with E-state index in [1.165, 1.54) is 0 Å². The number of rotatable bonds is 12. The number of Topliss-reactive ketones (excluding diaryl/α,β-unsaturated/α-hetero) is 1. The van der Waals surface area contributed by atoms with Crippen LogP contribution in [0.3, 0.4) is 0 Å². The predicted molar refractivity (Wildman–Crippen MR) is 190 cm³/mol. The first-order valence-electron chi connectivity index (χ1n) is 16.1. The van der Waals surface area contributed by atoms with Gasteiger partial charge < -0.3 is 18.6 Å².